The van der Waals surface area contributed by atoms with Gasteiger partial charge < -0.3 is 19.9 Å². The van der Waals surface area contributed by atoms with Gasteiger partial charge in [-0.05, 0) is 13.8 Å². The van der Waals surface area contributed by atoms with E-state index in [1.54, 1.807) is 0 Å². The SMILES string of the molecule is CC(=O)OCC(COC(C)C)OCn1cnc2c(=O)[nH]c(N)nc21. The number of nitrogen functional groups attached to an aromatic ring is 1. The molecular formula is C14H21N5O5. The molecule has 0 aliphatic heterocycles. The van der Waals surface area contributed by atoms with Gasteiger partial charge in [-0.1, -0.05) is 0 Å². The molecule has 2 rings (SSSR count). The Bertz CT molecular complexity index is 754. The van der Waals surface area contributed by atoms with Crippen molar-refractivity contribution in [3.05, 3.63) is 16.7 Å². The van der Waals surface area contributed by atoms with Gasteiger partial charge in [-0.3, -0.25) is 19.1 Å². The Labute approximate surface area is 137 Å². The number of hydrogen-bond donors (Lipinski definition) is 2. The first-order valence-electron chi connectivity index (χ1n) is 7.44. The lowest BCUT2D eigenvalue weighted by Crippen LogP contribution is -2.29. The highest BCUT2D eigenvalue weighted by Crippen LogP contribution is 2.08. The van der Waals surface area contributed by atoms with Gasteiger partial charge in [0.25, 0.3) is 5.56 Å². The van der Waals surface area contributed by atoms with E-state index in [1.165, 1.54) is 17.8 Å². The number of H-pyrrole nitrogens is 1. The van der Waals surface area contributed by atoms with Crippen molar-refractivity contribution in [2.75, 3.05) is 18.9 Å². The fourth-order valence-electron chi connectivity index (χ4n) is 1.91. The molecule has 24 heavy (non-hydrogen) atoms. The lowest BCUT2D eigenvalue weighted by Gasteiger charge is -2.19. The van der Waals surface area contributed by atoms with Gasteiger partial charge in [-0.2, -0.15) is 4.98 Å². The molecule has 0 aliphatic rings. The number of rotatable bonds is 8. The quantitative estimate of drug-likeness (QED) is 0.643. The van der Waals surface area contributed by atoms with Crippen LogP contribution in [0.5, 0.6) is 0 Å². The first-order valence-corrected chi connectivity index (χ1v) is 7.44. The van der Waals surface area contributed by atoms with Crippen LogP contribution in [0.25, 0.3) is 11.2 Å². The maximum atomic E-state index is 11.7. The van der Waals surface area contributed by atoms with Crippen molar-refractivity contribution < 1.29 is 19.0 Å². The number of hydrogen-bond acceptors (Lipinski definition) is 8. The lowest BCUT2D eigenvalue weighted by atomic mass is 10.4. The van der Waals surface area contributed by atoms with Crippen molar-refractivity contribution in [3.8, 4) is 0 Å². The smallest absolute Gasteiger partial charge is 0.302 e. The second kappa shape index (κ2) is 7.88. The second-order valence-electron chi connectivity index (χ2n) is 5.44. The van der Waals surface area contributed by atoms with Gasteiger partial charge in [0.1, 0.15) is 19.4 Å². The molecule has 0 aromatic carbocycles. The summed E-state index contributed by atoms with van der Waals surface area (Å²) in [6.07, 6.45) is 0.981. The van der Waals surface area contributed by atoms with Crippen molar-refractivity contribution in [1.29, 1.82) is 0 Å². The highest BCUT2D eigenvalue weighted by molar-refractivity contribution is 5.70. The Morgan fingerprint density at radius 1 is 1.38 bits per heavy atom. The van der Waals surface area contributed by atoms with Crippen LogP contribution in [-0.2, 0) is 25.7 Å². The molecule has 0 bridgehead atoms. The van der Waals surface area contributed by atoms with Gasteiger partial charge in [0.15, 0.2) is 11.2 Å². The molecule has 2 aromatic heterocycles. The van der Waals surface area contributed by atoms with Gasteiger partial charge in [0.05, 0.1) is 19.0 Å². The molecular weight excluding hydrogens is 318 g/mol. The molecule has 0 saturated heterocycles. The fraction of sp³-hybridized carbons (Fsp3) is 0.571. The molecule has 10 nitrogen and oxygen atoms in total. The highest BCUT2D eigenvalue weighted by Gasteiger charge is 2.15. The van der Waals surface area contributed by atoms with Crippen molar-refractivity contribution in [1.82, 2.24) is 19.5 Å². The fourth-order valence-corrected chi connectivity index (χ4v) is 1.91. The van der Waals surface area contributed by atoms with Gasteiger partial charge in [-0.15, -0.1) is 0 Å². The Hall–Kier alpha value is -2.46. The van der Waals surface area contributed by atoms with Crippen LogP contribution in [0.1, 0.15) is 20.8 Å². The molecule has 0 fully saturated rings. The van der Waals surface area contributed by atoms with Crippen molar-refractivity contribution in [3.63, 3.8) is 0 Å². The largest absolute Gasteiger partial charge is 0.463 e. The zero-order chi connectivity index (χ0) is 17.7. The first kappa shape index (κ1) is 17.9. The molecule has 1 atom stereocenters. The van der Waals surface area contributed by atoms with E-state index < -0.39 is 17.6 Å². The summed E-state index contributed by atoms with van der Waals surface area (Å²) in [5.74, 6) is -0.406. The van der Waals surface area contributed by atoms with Gasteiger partial charge >= 0.3 is 5.97 Å². The number of ether oxygens (including phenoxy) is 3. The van der Waals surface area contributed by atoms with E-state index in [9.17, 15) is 9.59 Å². The molecule has 2 aromatic rings. The average molecular weight is 339 g/mol. The van der Waals surface area contributed by atoms with E-state index in [4.69, 9.17) is 19.9 Å². The molecule has 3 N–H and O–H groups in total. The van der Waals surface area contributed by atoms with E-state index in [2.05, 4.69) is 15.0 Å². The normalized spacial score (nSPS) is 12.7. The number of anilines is 1. The third kappa shape index (κ3) is 4.77. The van der Waals surface area contributed by atoms with E-state index in [0.717, 1.165) is 0 Å². The predicted molar refractivity (Wildman–Crippen MR) is 85.2 cm³/mol. The summed E-state index contributed by atoms with van der Waals surface area (Å²) in [4.78, 5) is 33.1. The highest BCUT2D eigenvalue weighted by atomic mass is 16.6. The number of aromatic amines is 1. The average Bonchev–Trinajstić information content (AvgIpc) is 2.89. The van der Waals surface area contributed by atoms with Crippen LogP contribution >= 0.6 is 0 Å². The van der Waals surface area contributed by atoms with Crippen LogP contribution in [0.3, 0.4) is 0 Å². The minimum Gasteiger partial charge on any atom is -0.463 e. The van der Waals surface area contributed by atoms with Crippen molar-refractivity contribution in [2.24, 2.45) is 0 Å². The molecule has 1 unspecified atom stereocenters. The van der Waals surface area contributed by atoms with Crippen LogP contribution in [0.2, 0.25) is 0 Å². The summed E-state index contributed by atoms with van der Waals surface area (Å²) in [7, 11) is 0. The number of aromatic nitrogens is 4. The number of esters is 1. The van der Waals surface area contributed by atoms with Crippen LogP contribution in [0, 0.1) is 0 Å². The molecule has 0 aliphatic carbocycles. The molecule has 10 heteroatoms. The topological polar surface area (TPSA) is 134 Å². The minimum absolute atomic E-state index is 0.00569. The summed E-state index contributed by atoms with van der Waals surface area (Å²) >= 11 is 0. The number of nitrogens with two attached hydrogens (primary N) is 1. The van der Waals surface area contributed by atoms with Gasteiger partial charge in [-0.25, -0.2) is 4.98 Å². The van der Waals surface area contributed by atoms with E-state index >= 15 is 0 Å². The number of nitrogens with zero attached hydrogens (tertiary/aromatic N) is 3. The predicted octanol–water partition coefficient (Wildman–Crippen LogP) is 0.0326. The maximum Gasteiger partial charge on any atom is 0.302 e. The summed E-state index contributed by atoms with van der Waals surface area (Å²) in [6.45, 7) is 5.48. The van der Waals surface area contributed by atoms with E-state index in [-0.39, 0.29) is 37.5 Å². The van der Waals surface area contributed by atoms with Gasteiger partial charge in [0.2, 0.25) is 5.95 Å². The van der Waals surface area contributed by atoms with Crippen LogP contribution in [-0.4, -0.2) is 50.9 Å². The Morgan fingerprint density at radius 2 is 2.12 bits per heavy atom. The van der Waals surface area contributed by atoms with Crippen LogP contribution in [0.4, 0.5) is 5.95 Å². The number of imidazole rings is 1. The Morgan fingerprint density at radius 3 is 2.79 bits per heavy atom. The first-order chi connectivity index (χ1) is 11.4. The summed E-state index contributed by atoms with van der Waals surface area (Å²) < 4.78 is 17.7. The lowest BCUT2D eigenvalue weighted by molar-refractivity contribution is -0.149. The standard InChI is InChI=1S/C14H21N5O5/c1-8(2)22-4-10(5-23-9(3)20)24-7-19-6-16-11-12(19)17-14(15)18-13(11)21/h6,8,10H,4-5,7H2,1-3H3,(H3,15,17,18,21). The molecule has 132 valence electrons. The molecule has 0 radical (unpaired) electrons. The summed E-state index contributed by atoms with van der Waals surface area (Å²) in [5, 5.41) is 0. The molecule has 0 spiro atoms. The van der Waals surface area contributed by atoms with Crippen molar-refractivity contribution >= 4 is 23.1 Å². The van der Waals surface area contributed by atoms with Gasteiger partial charge in [0, 0.05) is 6.92 Å². The van der Waals surface area contributed by atoms with E-state index in [1.807, 2.05) is 13.8 Å². The van der Waals surface area contributed by atoms with E-state index in [0.29, 0.717) is 5.65 Å². The second-order valence-corrected chi connectivity index (χ2v) is 5.44. The molecule has 0 amide bonds. The molecule has 2 heterocycles. The third-order valence-corrected chi connectivity index (χ3v) is 3.03. The Balaban J connectivity index is 2.07. The zero-order valence-corrected chi connectivity index (χ0v) is 13.8. The third-order valence-electron chi connectivity index (χ3n) is 3.03. The minimum atomic E-state index is -0.465. The number of fused-ring (bicyclic) bond motifs is 1. The summed E-state index contributed by atoms with van der Waals surface area (Å²) in [5.41, 5.74) is 5.61. The monoisotopic (exact) mass is 339 g/mol. The van der Waals surface area contributed by atoms with Crippen molar-refractivity contribution in [2.45, 2.75) is 39.7 Å². The Kier molecular flexibility index (Phi) is 5.88. The zero-order valence-electron chi connectivity index (χ0n) is 13.8. The van der Waals surface area contributed by atoms with Crippen LogP contribution < -0.4 is 11.3 Å². The summed E-state index contributed by atoms with van der Waals surface area (Å²) in [6, 6.07) is 0. The number of carbonyl (C=O) groups excluding carboxylic acids is 1. The van der Waals surface area contributed by atoms with Crippen LogP contribution in [0.15, 0.2) is 11.1 Å². The number of carbonyl (C=O) groups is 1. The number of nitrogens with one attached hydrogen (secondary N) is 1. The maximum absolute atomic E-state index is 11.7. The molecule has 0 saturated carbocycles.